The predicted octanol–water partition coefficient (Wildman–Crippen LogP) is 2.31. The van der Waals surface area contributed by atoms with Gasteiger partial charge in [-0.25, -0.2) is 0 Å². The van der Waals surface area contributed by atoms with E-state index >= 15 is 0 Å². The Balaban J connectivity index is 1.56. The van der Waals surface area contributed by atoms with Crippen LogP contribution in [-0.4, -0.2) is 45.2 Å². The summed E-state index contributed by atoms with van der Waals surface area (Å²) < 4.78 is 16.0. The number of hydrogen-bond donors (Lipinski definition) is 1. The first-order valence-electron chi connectivity index (χ1n) is 9.01. The molecule has 0 aliphatic carbocycles. The predicted molar refractivity (Wildman–Crippen MR) is 105 cm³/mol. The molecule has 148 valence electrons. The first-order chi connectivity index (χ1) is 13.5. The van der Waals surface area contributed by atoms with Crippen LogP contribution in [0.2, 0.25) is 0 Å². The number of methoxy groups -OCH3 is 2. The van der Waals surface area contributed by atoms with E-state index in [4.69, 9.17) is 14.2 Å². The topological polar surface area (TPSA) is 77.1 Å². The zero-order valence-electron chi connectivity index (χ0n) is 16.2. The normalized spacial score (nSPS) is 16.0. The van der Waals surface area contributed by atoms with Crippen LogP contribution in [0.3, 0.4) is 0 Å². The highest BCUT2D eigenvalue weighted by molar-refractivity contribution is 5.97. The van der Waals surface area contributed by atoms with E-state index in [-0.39, 0.29) is 30.9 Å². The summed E-state index contributed by atoms with van der Waals surface area (Å²) in [5, 5.41) is 2.86. The van der Waals surface area contributed by atoms with E-state index in [9.17, 15) is 9.59 Å². The molecule has 1 atom stereocenters. The molecule has 2 amide bonds. The highest BCUT2D eigenvalue weighted by Crippen LogP contribution is 2.33. The highest BCUT2D eigenvalue weighted by atomic mass is 16.5. The number of aryl methyl sites for hydroxylation is 1. The molecule has 0 bridgehead atoms. The van der Waals surface area contributed by atoms with Gasteiger partial charge in [-0.3, -0.25) is 9.59 Å². The number of hydrogen-bond acceptors (Lipinski definition) is 5. The monoisotopic (exact) mass is 384 g/mol. The lowest BCUT2D eigenvalue weighted by Gasteiger charge is -2.19. The smallest absolute Gasteiger partial charge is 0.258 e. The van der Waals surface area contributed by atoms with E-state index in [0.717, 1.165) is 5.56 Å². The van der Waals surface area contributed by atoms with Crippen LogP contribution < -0.4 is 24.4 Å². The number of rotatable bonds is 7. The number of ether oxygens (including phenoxy) is 3. The Morgan fingerprint density at radius 1 is 1.11 bits per heavy atom. The maximum Gasteiger partial charge on any atom is 0.258 e. The second kappa shape index (κ2) is 8.65. The van der Waals surface area contributed by atoms with E-state index < -0.39 is 0 Å². The quantitative estimate of drug-likeness (QED) is 0.793. The first-order valence-corrected chi connectivity index (χ1v) is 9.01. The number of carbonyl (C=O) groups is 2. The van der Waals surface area contributed by atoms with Crippen LogP contribution in [0.4, 0.5) is 5.69 Å². The van der Waals surface area contributed by atoms with E-state index in [1.165, 1.54) is 0 Å². The molecule has 2 aromatic rings. The average molecular weight is 384 g/mol. The van der Waals surface area contributed by atoms with Crippen molar-refractivity contribution in [2.75, 3.05) is 32.3 Å². The maximum atomic E-state index is 12.4. The molecule has 1 unspecified atom stereocenters. The van der Waals surface area contributed by atoms with Gasteiger partial charge in [-0.05, 0) is 31.2 Å². The second-order valence-corrected chi connectivity index (χ2v) is 6.61. The Hall–Kier alpha value is -3.22. The third-order valence-corrected chi connectivity index (χ3v) is 4.56. The average Bonchev–Trinajstić information content (AvgIpc) is 3.06. The molecule has 2 aromatic carbocycles. The molecule has 7 nitrogen and oxygen atoms in total. The molecule has 1 heterocycles. The van der Waals surface area contributed by atoms with Crippen molar-refractivity contribution >= 4 is 17.5 Å². The lowest BCUT2D eigenvalue weighted by atomic mass is 10.2. The summed E-state index contributed by atoms with van der Waals surface area (Å²) in [7, 11) is 3.10. The molecular weight excluding hydrogens is 360 g/mol. The summed E-state index contributed by atoms with van der Waals surface area (Å²) in [4.78, 5) is 26.2. The van der Waals surface area contributed by atoms with Crippen LogP contribution in [0.15, 0.2) is 42.5 Å². The summed E-state index contributed by atoms with van der Waals surface area (Å²) in [5.74, 6) is 1.46. The van der Waals surface area contributed by atoms with Crippen molar-refractivity contribution in [2.24, 2.45) is 0 Å². The van der Waals surface area contributed by atoms with Crippen LogP contribution >= 0.6 is 0 Å². The molecule has 1 fully saturated rings. The van der Waals surface area contributed by atoms with Crippen LogP contribution in [0.5, 0.6) is 17.2 Å². The van der Waals surface area contributed by atoms with Gasteiger partial charge in [-0.2, -0.15) is 0 Å². The summed E-state index contributed by atoms with van der Waals surface area (Å²) in [5.41, 5.74) is 1.83. The second-order valence-electron chi connectivity index (χ2n) is 6.61. The third kappa shape index (κ3) is 4.54. The molecule has 28 heavy (non-hydrogen) atoms. The summed E-state index contributed by atoms with van der Waals surface area (Å²) in [6, 6.07) is 12.5. The molecular formula is C21H24N2O5. The van der Waals surface area contributed by atoms with Gasteiger partial charge >= 0.3 is 0 Å². The molecule has 1 aliphatic rings. The van der Waals surface area contributed by atoms with Crippen LogP contribution in [0, 0.1) is 6.92 Å². The SMILES string of the molecule is COc1ccc(N2CC(NC(=O)COc3ccc(C)cc3)CC2=O)cc1OC. The molecule has 7 heteroatoms. The number of anilines is 1. The van der Waals surface area contributed by atoms with Gasteiger partial charge in [0.15, 0.2) is 18.1 Å². The van der Waals surface area contributed by atoms with E-state index in [2.05, 4.69) is 5.32 Å². The fraction of sp³-hybridized carbons (Fsp3) is 0.333. The fourth-order valence-electron chi connectivity index (χ4n) is 3.10. The van der Waals surface area contributed by atoms with Crippen molar-refractivity contribution < 1.29 is 23.8 Å². The van der Waals surface area contributed by atoms with Gasteiger partial charge < -0.3 is 24.4 Å². The van der Waals surface area contributed by atoms with Crippen molar-refractivity contribution in [2.45, 2.75) is 19.4 Å². The summed E-state index contributed by atoms with van der Waals surface area (Å²) in [6.45, 7) is 2.28. The Kier molecular flexibility index (Phi) is 6.03. The van der Waals surface area contributed by atoms with E-state index in [1.54, 1.807) is 37.3 Å². The number of carbonyl (C=O) groups excluding carboxylic acids is 2. The molecule has 1 saturated heterocycles. The number of benzene rings is 2. The zero-order chi connectivity index (χ0) is 20.1. The Morgan fingerprint density at radius 2 is 1.82 bits per heavy atom. The van der Waals surface area contributed by atoms with Crippen LogP contribution in [0.1, 0.15) is 12.0 Å². The highest BCUT2D eigenvalue weighted by Gasteiger charge is 2.32. The van der Waals surface area contributed by atoms with Crippen LogP contribution in [0.25, 0.3) is 0 Å². The van der Waals surface area contributed by atoms with Gasteiger partial charge in [0.1, 0.15) is 5.75 Å². The van der Waals surface area contributed by atoms with Gasteiger partial charge in [0.25, 0.3) is 5.91 Å². The fourth-order valence-corrected chi connectivity index (χ4v) is 3.10. The van der Waals surface area contributed by atoms with Gasteiger partial charge in [-0.15, -0.1) is 0 Å². The van der Waals surface area contributed by atoms with Crippen molar-refractivity contribution in [1.29, 1.82) is 0 Å². The minimum absolute atomic E-state index is 0.0584. The number of nitrogens with one attached hydrogen (secondary N) is 1. The minimum atomic E-state index is -0.269. The molecule has 0 spiro atoms. The largest absolute Gasteiger partial charge is 0.493 e. The minimum Gasteiger partial charge on any atom is -0.493 e. The Labute approximate surface area is 164 Å². The Morgan fingerprint density at radius 3 is 2.50 bits per heavy atom. The zero-order valence-corrected chi connectivity index (χ0v) is 16.2. The van der Waals surface area contributed by atoms with E-state index in [1.807, 2.05) is 31.2 Å². The molecule has 0 aromatic heterocycles. The number of nitrogens with zero attached hydrogens (tertiary/aromatic N) is 1. The van der Waals surface area contributed by atoms with Gasteiger partial charge in [0, 0.05) is 24.7 Å². The third-order valence-electron chi connectivity index (χ3n) is 4.56. The van der Waals surface area contributed by atoms with Crippen molar-refractivity contribution in [1.82, 2.24) is 5.32 Å². The van der Waals surface area contributed by atoms with Gasteiger partial charge in [0.2, 0.25) is 5.91 Å². The first kappa shape index (κ1) is 19.5. The lowest BCUT2D eigenvalue weighted by Crippen LogP contribution is -2.39. The molecule has 1 aliphatic heterocycles. The molecule has 3 rings (SSSR count). The molecule has 0 saturated carbocycles. The van der Waals surface area contributed by atoms with Crippen LogP contribution in [-0.2, 0) is 9.59 Å². The standard InChI is InChI=1S/C21H24N2O5/c1-14-4-7-17(8-5-14)28-13-20(24)22-15-10-21(25)23(12-15)16-6-9-18(26-2)19(11-16)27-3/h4-9,11,15H,10,12-13H2,1-3H3,(H,22,24). The number of amides is 2. The van der Waals surface area contributed by atoms with Crippen molar-refractivity contribution in [3.05, 3.63) is 48.0 Å². The van der Waals surface area contributed by atoms with Crippen molar-refractivity contribution in [3.8, 4) is 17.2 Å². The van der Waals surface area contributed by atoms with E-state index in [0.29, 0.717) is 29.5 Å². The Bertz CT molecular complexity index is 850. The summed E-state index contributed by atoms with van der Waals surface area (Å²) >= 11 is 0. The van der Waals surface area contributed by atoms with Crippen molar-refractivity contribution in [3.63, 3.8) is 0 Å². The molecule has 0 radical (unpaired) electrons. The summed E-state index contributed by atoms with van der Waals surface area (Å²) in [6.07, 6.45) is 0.241. The van der Waals surface area contributed by atoms with Gasteiger partial charge in [0.05, 0.1) is 20.3 Å². The van der Waals surface area contributed by atoms with Gasteiger partial charge in [-0.1, -0.05) is 17.7 Å². The lowest BCUT2D eigenvalue weighted by molar-refractivity contribution is -0.123. The molecule has 1 N–H and O–H groups in total. The maximum absolute atomic E-state index is 12.4.